The second-order valence-corrected chi connectivity index (χ2v) is 9.85. The zero-order valence-corrected chi connectivity index (χ0v) is 20.4. The molecule has 3 atom stereocenters. The normalized spacial score (nSPS) is 22.7. The molecule has 2 aromatic rings. The van der Waals surface area contributed by atoms with Crippen LogP contribution in [0.25, 0.3) is 0 Å². The highest BCUT2D eigenvalue weighted by Gasteiger charge is 2.51. The summed E-state index contributed by atoms with van der Waals surface area (Å²) in [6.45, 7) is 4.68. The average Bonchev–Trinajstić information content (AvgIpc) is 3.43. The number of anilines is 2. The first-order valence-electron chi connectivity index (χ1n) is 11.8. The number of halogens is 3. The van der Waals surface area contributed by atoms with Crippen molar-refractivity contribution < 1.29 is 17.9 Å². The van der Waals surface area contributed by atoms with E-state index in [1.165, 1.54) is 37.5 Å². The van der Waals surface area contributed by atoms with Crippen molar-refractivity contribution in [2.24, 2.45) is 10.4 Å². The van der Waals surface area contributed by atoms with Crippen molar-refractivity contribution in [1.29, 1.82) is 5.41 Å². The maximum Gasteiger partial charge on any atom is 0.407 e. The van der Waals surface area contributed by atoms with Crippen molar-refractivity contribution in [3.8, 4) is 0 Å². The minimum absolute atomic E-state index is 0.112. The highest BCUT2D eigenvalue weighted by atomic mass is 19.4. The first-order chi connectivity index (χ1) is 17.0. The van der Waals surface area contributed by atoms with E-state index in [0.29, 0.717) is 43.1 Å². The van der Waals surface area contributed by atoms with Crippen molar-refractivity contribution >= 4 is 22.9 Å². The number of rotatable bonds is 7. The number of hydrogen-bond donors (Lipinski definition) is 5. The second-order valence-electron chi connectivity index (χ2n) is 9.85. The monoisotopic (exact) mass is 504 g/mol. The van der Waals surface area contributed by atoms with E-state index < -0.39 is 17.8 Å². The first-order valence-corrected chi connectivity index (χ1v) is 11.8. The lowest BCUT2D eigenvalue weighted by atomic mass is 10.0. The molecular weight excluding hydrogens is 473 g/mol. The third-order valence-corrected chi connectivity index (χ3v) is 6.69. The molecule has 1 saturated carbocycles. The number of amidine groups is 1. The molecule has 194 valence electrons. The van der Waals surface area contributed by atoms with E-state index in [4.69, 9.17) is 10.1 Å². The van der Waals surface area contributed by atoms with Gasteiger partial charge in [-0.25, -0.2) is 0 Å². The van der Waals surface area contributed by atoms with Crippen LogP contribution in [0, 0.1) is 10.8 Å². The first kappa shape index (κ1) is 25.9. The Morgan fingerprint density at radius 2 is 1.94 bits per heavy atom. The van der Waals surface area contributed by atoms with Gasteiger partial charge in [-0.3, -0.25) is 15.1 Å². The Bertz CT molecular complexity index is 1190. The average molecular weight is 505 g/mol. The van der Waals surface area contributed by atoms with Crippen LogP contribution in [0.2, 0.25) is 0 Å². The van der Waals surface area contributed by atoms with Gasteiger partial charge in [0, 0.05) is 37.1 Å². The lowest BCUT2D eigenvalue weighted by Gasteiger charge is -2.26. The number of benzene rings is 1. The molecule has 1 aliphatic heterocycles. The van der Waals surface area contributed by atoms with Crippen molar-refractivity contribution in [3.05, 3.63) is 58.0 Å². The Kier molecular flexibility index (Phi) is 7.24. The highest BCUT2D eigenvalue weighted by Crippen LogP contribution is 2.47. The van der Waals surface area contributed by atoms with Gasteiger partial charge in [0.1, 0.15) is 17.4 Å². The number of alkyl halides is 3. The number of aromatic nitrogens is 1. The predicted molar refractivity (Wildman–Crippen MR) is 134 cm³/mol. The molecule has 8 nitrogen and oxygen atoms in total. The fourth-order valence-electron chi connectivity index (χ4n) is 4.27. The van der Waals surface area contributed by atoms with Gasteiger partial charge in [-0.2, -0.15) is 13.2 Å². The summed E-state index contributed by atoms with van der Waals surface area (Å²) < 4.78 is 46.8. The zero-order chi connectivity index (χ0) is 26.1. The molecule has 2 heterocycles. The van der Waals surface area contributed by atoms with Gasteiger partial charge in [0.2, 0.25) is 0 Å². The number of aromatic amines is 1. The molecule has 4 rings (SSSR count). The Balaban J connectivity index is 1.54. The van der Waals surface area contributed by atoms with E-state index in [1.54, 1.807) is 6.07 Å². The van der Waals surface area contributed by atoms with Gasteiger partial charge in [0.15, 0.2) is 0 Å². The number of pyridine rings is 1. The quantitative estimate of drug-likeness (QED) is 0.288. The van der Waals surface area contributed by atoms with Gasteiger partial charge in [-0.05, 0) is 35.6 Å². The SMILES string of the molecule is CN=C(Nc1ccc(C(NC2CC2(C)C)C(F)(F)F)cc1)c1c(NC2COCCC2=N)cc[nH]c1=O. The molecule has 0 radical (unpaired) electrons. The van der Waals surface area contributed by atoms with Crippen molar-refractivity contribution in [2.75, 3.05) is 30.9 Å². The van der Waals surface area contributed by atoms with E-state index in [-0.39, 0.29) is 34.5 Å². The molecular formula is C25H31F3N6O2. The highest BCUT2D eigenvalue weighted by molar-refractivity contribution is 6.11. The summed E-state index contributed by atoms with van der Waals surface area (Å²) in [5, 5.41) is 17.1. The van der Waals surface area contributed by atoms with Gasteiger partial charge in [0.05, 0.1) is 24.9 Å². The Labute approximate surface area is 207 Å². The van der Waals surface area contributed by atoms with E-state index in [2.05, 4.69) is 25.9 Å². The predicted octanol–water partition coefficient (Wildman–Crippen LogP) is 4.08. The fraction of sp³-hybridized carbons (Fsp3) is 0.480. The van der Waals surface area contributed by atoms with Crippen molar-refractivity contribution in [2.45, 2.75) is 51.0 Å². The van der Waals surface area contributed by atoms with Gasteiger partial charge >= 0.3 is 6.18 Å². The molecule has 36 heavy (non-hydrogen) atoms. The topological polar surface area (TPSA) is 114 Å². The Morgan fingerprint density at radius 3 is 2.53 bits per heavy atom. The minimum atomic E-state index is -4.43. The maximum atomic E-state index is 13.8. The van der Waals surface area contributed by atoms with Crippen LogP contribution in [-0.2, 0) is 4.74 Å². The van der Waals surface area contributed by atoms with E-state index in [9.17, 15) is 18.0 Å². The lowest BCUT2D eigenvalue weighted by molar-refractivity contribution is -0.158. The Hall–Kier alpha value is -3.18. The number of nitrogens with zero attached hydrogens (tertiary/aromatic N) is 1. The summed E-state index contributed by atoms with van der Waals surface area (Å²) in [6, 6.07) is 5.26. The molecule has 2 aliphatic rings. The van der Waals surface area contributed by atoms with Crippen LogP contribution in [0.1, 0.15) is 43.9 Å². The minimum Gasteiger partial charge on any atom is -0.379 e. The molecule has 0 amide bonds. The maximum absolute atomic E-state index is 13.8. The van der Waals surface area contributed by atoms with Crippen molar-refractivity contribution in [3.63, 3.8) is 0 Å². The lowest BCUT2D eigenvalue weighted by Crippen LogP contribution is -2.39. The van der Waals surface area contributed by atoms with Crippen LogP contribution < -0.4 is 21.5 Å². The summed E-state index contributed by atoms with van der Waals surface area (Å²) in [5.41, 5.74) is 1.23. The number of nitrogens with one attached hydrogen (secondary N) is 5. The second kappa shape index (κ2) is 10.1. The van der Waals surface area contributed by atoms with Crippen LogP contribution in [0.5, 0.6) is 0 Å². The summed E-state index contributed by atoms with van der Waals surface area (Å²) in [5.74, 6) is 0.237. The molecule has 1 aromatic heterocycles. The molecule has 1 aromatic carbocycles. The van der Waals surface area contributed by atoms with Crippen molar-refractivity contribution in [1.82, 2.24) is 10.3 Å². The van der Waals surface area contributed by atoms with Crippen LogP contribution in [-0.4, -0.2) is 55.1 Å². The number of hydrogen-bond acceptors (Lipinski definition) is 6. The molecule has 0 bridgehead atoms. The van der Waals surface area contributed by atoms with Gasteiger partial charge in [-0.15, -0.1) is 0 Å². The van der Waals surface area contributed by atoms with Crippen LogP contribution in [0.15, 0.2) is 46.3 Å². The zero-order valence-electron chi connectivity index (χ0n) is 20.4. The van der Waals surface area contributed by atoms with Gasteiger partial charge in [0.25, 0.3) is 5.56 Å². The van der Waals surface area contributed by atoms with Gasteiger partial charge in [-0.1, -0.05) is 26.0 Å². The fourth-order valence-corrected chi connectivity index (χ4v) is 4.27. The molecule has 1 saturated heterocycles. The van der Waals surface area contributed by atoms with Crippen LogP contribution in [0.3, 0.4) is 0 Å². The third-order valence-electron chi connectivity index (χ3n) is 6.69. The van der Waals surface area contributed by atoms with E-state index in [0.717, 1.165) is 0 Å². The molecule has 3 unspecified atom stereocenters. The molecule has 0 spiro atoms. The molecule has 2 fully saturated rings. The standard InChI is InChI=1S/C25H31F3N6O2/c1-24(2)12-19(24)34-21(25(26,27)28)14-4-6-15(7-5-14)32-22(30-3)20-17(8-10-31-23(20)35)33-18-13-36-11-9-16(18)29/h4-8,10,18-19,21,29,34H,9,11-13H2,1-3H3,(H,30,32)(H2,31,33,35). The Morgan fingerprint density at radius 1 is 1.25 bits per heavy atom. The van der Waals surface area contributed by atoms with Crippen LogP contribution >= 0.6 is 0 Å². The van der Waals surface area contributed by atoms with Crippen LogP contribution in [0.4, 0.5) is 24.5 Å². The molecule has 11 heteroatoms. The largest absolute Gasteiger partial charge is 0.407 e. The number of aliphatic imine (C=N–C) groups is 1. The van der Waals surface area contributed by atoms with E-state index in [1.807, 2.05) is 13.8 Å². The summed E-state index contributed by atoms with van der Waals surface area (Å²) >= 11 is 0. The van der Waals surface area contributed by atoms with E-state index >= 15 is 0 Å². The smallest absolute Gasteiger partial charge is 0.379 e. The number of H-pyrrole nitrogens is 1. The molecule has 5 N–H and O–H groups in total. The summed E-state index contributed by atoms with van der Waals surface area (Å²) in [6.07, 6.45) is -1.74. The third kappa shape index (κ3) is 5.79. The summed E-state index contributed by atoms with van der Waals surface area (Å²) in [4.78, 5) is 19.6. The molecule has 1 aliphatic carbocycles. The number of ether oxygens (including phenoxy) is 1. The van der Waals surface area contributed by atoms with Gasteiger partial charge < -0.3 is 25.8 Å². The summed E-state index contributed by atoms with van der Waals surface area (Å²) in [7, 11) is 1.51.